The molecule has 0 radical (unpaired) electrons. The van der Waals surface area contributed by atoms with E-state index in [2.05, 4.69) is 34.5 Å². The van der Waals surface area contributed by atoms with Crippen molar-refractivity contribution in [3.63, 3.8) is 0 Å². The number of hydrogen-bond acceptors (Lipinski definition) is 4. The molecule has 3 heterocycles. The Kier molecular flexibility index (Phi) is 3.20. The molecule has 1 aromatic carbocycles. The van der Waals surface area contributed by atoms with Gasteiger partial charge in [-0.15, -0.1) is 0 Å². The maximum atomic E-state index is 5.34. The van der Waals surface area contributed by atoms with Crippen LogP contribution in [0.4, 0.5) is 0 Å². The van der Waals surface area contributed by atoms with Gasteiger partial charge in [-0.2, -0.15) is 0 Å². The van der Waals surface area contributed by atoms with Gasteiger partial charge in [-0.1, -0.05) is 6.07 Å². The van der Waals surface area contributed by atoms with Crippen LogP contribution in [0.5, 0.6) is 5.75 Å². The Bertz CT molecular complexity index is 507. The second-order valence-corrected chi connectivity index (χ2v) is 7.41. The third-order valence-corrected chi connectivity index (χ3v) is 6.54. The largest absolute Gasteiger partial charge is 0.497 e. The quantitative estimate of drug-likeness (QED) is 0.777. The van der Waals surface area contributed by atoms with Gasteiger partial charge in [-0.25, -0.2) is 4.31 Å². The molecule has 0 N–H and O–H groups in total. The minimum atomic E-state index is 0.743. The first-order valence-corrected chi connectivity index (χ1v) is 8.35. The molecule has 20 heavy (non-hydrogen) atoms. The van der Waals surface area contributed by atoms with Crippen molar-refractivity contribution in [2.24, 2.45) is 0 Å². The Hall–Kier alpha value is -0.710. The summed E-state index contributed by atoms with van der Waals surface area (Å²) >= 11 is 1.94. The molecule has 0 amide bonds. The van der Waals surface area contributed by atoms with E-state index in [4.69, 9.17) is 4.74 Å². The van der Waals surface area contributed by atoms with Gasteiger partial charge in [-0.3, -0.25) is 0 Å². The highest BCUT2D eigenvalue weighted by molar-refractivity contribution is 7.97. The lowest BCUT2D eigenvalue weighted by Gasteiger charge is -2.39. The predicted molar refractivity (Wildman–Crippen MR) is 82.0 cm³/mol. The van der Waals surface area contributed by atoms with Crippen LogP contribution in [0.1, 0.15) is 31.2 Å². The maximum Gasteiger partial charge on any atom is 0.120 e. The first-order chi connectivity index (χ1) is 9.74. The van der Waals surface area contributed by atoms with Gasteiger partial charge >= 0.3 is 0 Å². The van der Waals surface area contributed by atoms with Crippen LogP contribution in [0.15, 0.2) is 23.1 Å². The molecule has 3 aliphatic rings. The summed E-state index contributed by atoms with van der Waals surface area (Å²) in [6, 6.07) is 8.87. The zero-order valence-electron chi connectivity index (χ0n) is 12.2. The molecule has 1 aromatic rings. The van der Waals surface area contributed by atoms with E-state index in [1.165, 1.54) is 36.1 Å². The van der Waals surface area contributed by atoms with Gasteiger partial charge in [0.05, 0.1) is 7.11 Å². The fourth-order valence-electron chi connectivity index (χ4n) is 4.03. The van der Waals surface area contributed by atoms with Crippen molar-refractivity contribution in [1.82, 2.24) is 9.21 Å². The summed E-state index contributed by atoms with van der Waals surface area (Å²) < 4.78 is 7.95. The Morgan fingerprint density at radius 2 is 1.90 bits per heavy atom. The molecule has 2 unspecified atom stereocenters. The van der Waals surface area contributed by atoms with Gasteiger partial charge in [-0.05, 0) is 62.4 Å². The van der Waals surface area contributed by atoms with Crippen LogP contribution < -0.4 is 4.74 Å². The smallest absolute Gasteiger partial charge is 0.120 e. The monoisotopic (exact) mass is 290 g/mol. The average molecular weight is 290 g/mol. The second-order valence-electron chi connectivity index (χ2n) is 6.32. The summed E-state index contributed by atoms with van der Waals surface area (Å²) in [5, 5.41) is 0. The highest BCUT2D eigenvalue weighted by Crippen LogP contribution is 2.44. The zero-order chi connectivity index (χ0) is 13.7. The van der Waals surface area contributed by atoms with Gasteiger partial charge in [0, 0.05) is 29.6 Å². The van der Waals surface area contributed by atoms with Gasteiger partial charge < -0.3 is 9.64 Å². The SMILES string of the molecule is COc1ccc2c(c1)SN(C1CC3CCC(C1)N3C)C2. The molecule has 4 heteroatoms. The number of rotatable bonds is 2. The number of nitrogens with zero attached hydrogens (tertiary/aromatic N) is 2. The van der Waals surface area contributed by atoms with Crippen molar-refractivity contribution >= 4 is 11.9 Å². The molecule has 3 aliphatic heterocycles. The molecular formula is C16H22N2OS. The molecule has 0 spiro atoms. The standard InChI is InChI=1S/C16H22N2OS/c1-17-12-4-5-13(17)8-14(7-12)18-10-11-3-6-15(19-2)9-16(11)20-18/h3,6,9,12-14H,4-5,7-8,10H2,1-2H3. The highest BCUT2D eigenvalue weighted by atomic mass is 32.2. The van der Waals surface area contributed by atoms with Gasteiger partial charge in [0.1, 0.15) is 5.75 Å². The van der Waals surface area contributed by atoms with Crippen molar-refractivity contribution in [2.45, 2.75) is 55.2 Å². The molecule has 2 saturated heterocycles. The molecule has 4 rings (SSSR count). The normalized spacial score (nSPS) is 33.4. The zero-order valence-corrected chi connectivity index (χ0v) is 13.0. The third kappa shape index (κ3) is 2.05. The van der Waals surface area contributed by atoms with Crippen LogP contribution in [0, 0.1) is 0 Å². The van der Waals surface area contributed by atoms with E-state index in [0.29, 0.717) is 0 Å². The van der Waals surface area contributed by atoms with E-state index in [1.807, 2.05) is 11.9 Å². The Balaban J connectivity index is 1.50. The molecule has 0 aliphatic carbocycles. The Morgan fingerprint density at radius 3 is 2.60 bits per heavy atom. The topological polar surface area (TPSA) is 15.7 Å². The number of hydrogen-bond donors (Lipinski definition) is 0. The Labute approximate surface area is 125 Å². The second kappa shape index (κ2) is 4.93. The van der Waals surface area contributed by atoms with E-state index >= 15 is 0 Å². The number of ether oxygens (including phenoxy) is 1. The van der Waals surface area contributed by atoms with E-state index in [1.54, 1.807) is 7.11 Å². The van der Waals surface area contributed by atoms with Crippen molar-refractivity contribution in [3.8, 4) is 5.75 Å². The summed E-state index contributed by atoms with van der Waals surface area (Å²) in [5.74, 6) is 0.974. The Morgan fingerprint density at radius 1 is 1.15 bits per heavy atom. The molecule has 0 aromatic heterocycles. The van der Waals surface area contributed by atoms with E-state index in [-0.39, 0.29) is 0 Å². The minimum Gasteiger partial charge on any atom is -0.497 e. The lowest BCUT2D eigenvalue weighted by molar-refractivity contribution is 0.120. The summed E-state index contributed by atoms with van der Waals surface area (Å²) in [6.07, 6.45) is 5.48. The van der Waals surface area contributed by atoms with Gasteiger partial charge in [0.2, 0.25) is 0 Å². The van der Waals surface area contributed by atoms with Crippen LogP contribution in [0.3, 0.4) is 0 Å². The van der Waals surface area contributed by atoms with Gasteiger partial charge in [0.15, 0.2) is 0 Å². The molecule has 2 bridgehead atoms. The highest BCUT2D eigenvalue weighted by Gasteiger charge is 2.41. The summed E-state index contributed by atoms with van der Waals surface area (Å²) in [5.41, 5.74) is 1.46. The van der Waals surface area contributed by atoms with Crippen LogP contribution >= 0.6 is 11.9 Å². The number of fused-ring (bicyclic) bond motifs is 3. The van der Waals surface area contributed by atoms with Crippen LogP contribution in [-0.2, 0) is 6.54 Å². The van der Waals surface area contributed by atoms with Crippen LogP contribution in [0.25, 0.3) is 0 Å². The van der Waals surface area contributed by atoms with Crippen molar-refractivity contribution in [1.29, 1.82) is 0 Å². The van der Waals surface area contributed by atoms with E-state index in [0.717, 1.165) is 30.4 Å². The van der Waals surface area contributed by atoms with Crippen LogP contribution in [-0.4, -0.2) is 41.5 Å². The minimum absolute atomic E-state index is 0.743. The number of methoxy groups -OCH3 is 1. The van der Waals surface area contributed by atoms with E-state index in [9.17, 15) is 0 Å². The number of benzene rings is 1. The molecular weight excluding hydrogens is 268 g/mol. The molecule has 0 saturated carbocycles. The predicted octanol–water partition coefficient (Wildman–Crippen LogP) is 3.14. The molecule has 2 atom stereocenters. The third-order valence-electron chi connectivity index (χ3n) is 5.30. The lowest BCUT2D eigenvalue weighted by atomic mass is 9.98. The lowest BCUT2D eigenvalue weighted by Crippen LogP contribution is -2.46. The maximum absolute atomic E-state index is 5.34. The van der Waals surface area contributed by atoms with Gasteiger partial charge in [0.25, 0.3) is 0 Å². The van der Waals surface area contributed by atoms with Crippen molar-refractivity contribution < 1.29 is 4.74 Å². The first kappa shape index (κ1) is 13.0. The average Bonchev–Trinajstić information content (AvgIpc) is 2.95. The number of piperidine rings is 1. The van der Waals surface area contributed by atoms with Crippen molar-refractivity contribution in [2.75, 3.05) is 14.2 Å². The summed E-state index contributed by atoms with van der Waals surface area (Å²) in [7, 11) is 4.06. The van der Waals surface area contributed by atoms with Crippen molar-refractivity contribution in [3.05, 3.63) is 23.8 Å². The molecule has 2 fully saturated rings. The molecule has 3 nitrogen and oxygen atoms in total. The first-order valence-electron chi connectivity index (χ1n) is 7.58. The summed E-state index contributed by atoms with van der Waals surface area (Å²) in [4.78, 5) is 4.00. The fraction of sp³-hybridized carbons (Fsp3) is 0.625. The molecule has 108 valence electrons. The fourth-order valence-corrected chi connectivity index (χ4v) is 5.22. The summed E-state index contributed by atoms with van der Waals surface area (Å²) in [6.45, 7) is 1.10. The van der Waals surface area contributed by atoms with Crippen LogP contribution in [0.2, 0.25) is 0 Å². The van der Waals surface area contributed by atoms with E-state index < -0.39 is 0 Å².